The van der Waals surface area contributed by atoms with E-state index in [-0.39, 0.29) is 0 Å². The van der Waals surface area contributed by atoms with Gasteiger partial charge in [-0.2, -0.15) is 0 Å². The summed E-state index contributed by atoms with van der Waals surface area (Å²) in [5.74, 6) is 0. The molecule has 0 N–H and O–H groups in total. The predicted molar refractivity (Wildman–Crippen MR) is 190 cm³/mol. The lowest BCUT2D eigenvalue weighted by Gasteiger charge is -2.26. The number of rotatable bonds is 4. The highest BCUT2D eigenvalue weighted by atomic mass is 32.1. The number of hydrogen-bond acceptors (Lipinski definition) is 3. The Morgan fingerprint density at radius 3 is 2.00 bits per heavy atom. The molecule has 9 rings (SSSR count). The average Bonchev–Trinajstić information content (AvgIpc) is 3.48. The molecule has 206 valence electrons. The zero-order chi connectivity index (χ0) is 29.0. The van der Waals surface area contributed by atoms with Gasteiger partial charge in [0.05, 0.1) is 5.69 Å². The van der Waals surface area contributed by atoms with Gasteiger partial charge in [-0.25, -0.2) is 4.98 Å². The first-order valence-electron chi connectivity index (χ1n) is 14.9. The Balaban J connectivity index is 1.15. The van der Waals surface area contributed by atoms with Crippen LogP contribution in [0, 0.1) is 0 Å². The maximum atomic E-state index is 4.66. The summed E-state index contributed by atoms with van der Waals surface area (Å²) < 4.78 is 1.24. The fourth-order valence-electron chi connectivity index (χ4n) is 6.64. The van der Waals surface area contributed by atoms with Crippen molar-refractivity contribution in [3.05, 3.63) is 158 Å². The van der Waals surface area contributed by atoms with Gasteiger partial charge in [-0.3, -0.25) is 0 Å². The first kappa shape index (κ1) is 25.0. The maximum absolute atomic E-state index is 4.66. The molecule has 9 aromatic rings. The molecule has 0 radical (unpaired) electrons. The highest BCUT2D eigenvalue weighted by molar-refractivity contribution is 7.25. The molecule has 0 bridgehead atoms. The topological polar surface area (TPSA) is 16.1 Å². The maximum Gasteiger partial charge on any atom is 0.124 e. The summed E-state index contributed by atoms with van der Waals surface area (Å²) in [6, 6.07) is 54.9. The number of pyridine rings is 1. The summed E-state index contributed by atoms with van der Waals surface area (Å²) in [7, 11) is 0. The molecule has 3 heteroatoms. The summed E-state index contributed by atoms with van der Waals surface area (Å²) in [6.07, 6.45) is 1.88. The monoisotopic (exact) mass is 578 g/mol. The minimum Gasteiger partial charge on any atom is -0.310 e. The van der Waals surface area contributed by atoms with Crippen molar-refractivity contribution < 1.29 is 0 Å². The van der Waals surface area contributed by atoms with Gasteiger partial charge in [0.15, 0.2) is 0 Å². The Morgan fingerprint density at radius 1 is 0.455 bits per heavy atom. The van der Waals surface area contributed by atoms with Gasteiger partial charge in [-0.05, 0) is 98.0 Å². The summed E-state index contributed by atoms with van der Waals surface area (Å²) in [5.41, 5.74) is 5.82. The van der Waals surface area contributed by atoms with Crippen LogP contribution in [0.1, 0.15) is 0 Å². The highest BCUT2D eigenvalue weighted by Gasteiger charge is 2.18. The van der Waals surface area contributed by atoms with E-state index < -0.39 is 0 Å². The normalized spacial score (nSPS) is 11.6. The second-order valence-electron chi connectivity index (χ2n) is 11.2. The second-order valence-corrected chi connectivity index (χ2v) is 12.2. The SMILES string of the molecule is c1ccc(N(c2ccc(-c3ccc4c(ccc5c6ccccc6ccc45)c3)cc2)c2cccc3sc4ncccc4c23)cc1. The molecule has 0 atom stereocenters. The Hall–Kier alpha value is -5.51. The van der Waals surface area contributed by atoms with Gasteiger partial charge in [0, 0.05) is 33.0 Å². The number of benzene rings is 7. The van der Waals surface area contributed by atoms with Crippen molar-refractivity contribution in [1.82, 2.24) is 4.98 Å². The predicted octanol–water partition coefficient (Wildman–Crippen LogP) is 12.0. The third-order valence-corrected chi connectivity index (χ3v) is 9.79. The molecule has 0 aliphatic heterocycles. The number of para-hydroxylation sites is 1. The summed E-state index contributed by atoms with van der Waals surface area (Å²) in [5, 5.41) is 10.2. The summed E-state index contributed by atoms with van der Waals surface area (Å²) in [4.78, 5) is 8.09. The number of nitrogens with zero attached hydrogens (tertiary/aromatic N) is 2. The lowest BCUT2D eigenvalue weighted by molar-refractivity contribution is 1.30. The molecule has 0 fully saturated rings. The fraction of sp³-hybridized carbons (Fsp3) is 0. The van der Waals surface area contributed by atoms with Crippen LogP contribution in [0.5, 0.6) is 0 Å². The molecule has 0 spiro atoms. The highest BCUT2D eigenvalue weighted by Crippen LogP contribution is 2.44. The number of hydrogen-bond donors (Lipinski definition) is 0. The van der Waals surface area contributed by atoms with E-state index in [0.717, 1.165) is 21.9 Å². The van der Waals surface area contributed by atoms with Crippen molar-refractivity contribution in [2.24, 2.45) is 0 Å². The second kappa shape index (κ2) is 10.0. The van der Waals surface area contributed by atoms with Gasteiger partial charge >= 0.3 is 0 Å². The zero-order valence-corrected chi connectivity index (χ0v) is 24.6. The number of thiophene rings is 1. The van der Waals surface area contributed by atoms with Crippen LogP contribution in [-0.2, 0) is 0 Å². The van der Waals surface area contributed by atoms with Crippen LogP contribution in [0.2, 0.25) is 0 Å². The van der Waals surface area contributed by atoms with E-state index in [2.05, 4.69) is 155 Å². The molecule has 2 nitrogen and oxygen atoms in total. The minimum atomic E-state index is 1.07. The molecule has 2 heterocycles. The van der Waals surface area contributed by atoms with Gasteiger partial charge in [0.25, 0.3) is 0 Å². The zero-order valence-electron chi connectivity index (χ0n) is 23.8. The van der Waals surface area contributed by atoms with Crippen LogP contribution in [0.25, 0.3) is 63.7 Å². The number of aromatic nitrogens is 1. The molecule has 2 aromatic heterocycles. The van der Waals surface area contributed by atoms with Crippen LogP contribution >= 0.6 is 11.3 Å². The molecule has 0 aliphatic rings. The first-order chi connectivity index (χ1) is 21.8. The van der Waals surface area contributed by atoms with E-state index in [9.17, 15) is 0 Å². The number of fused-ring (bicyclic) bond motifs is 8. The lowest BCUT2D eigenvalue weighted by atomic mass is 9.95. The van der Waals surface area contributed by atoms with Crippen LogP contribution in [0.3, 0.4) is 0 Å². The number of anilines is 3. The lowest BCUT2D eigenvalue weighted by Crippen LogP contribution is -2.10. The van der Waals surface area contributed by atoms with Crippen molar-refractivity contribution in [3.63, 3.8) is 0 Å². The van der Waals surface area contributed by atoms with Gasteiger partial charge in [-0.1, -0.05) is 97.1 Å². The van der Waals surface area contributed by atoms with E-state index in [0.29, 0.717) is 0 Å². The van der Waals surface area contributed by atoms with E-state index in [4.69, 9.17) is 0 Å². The molecule has 0 amide bonds. The van der Waals surface area contributed by atoms with Crippen molar-refractivity contribution in [2.45, 2.75) is 0 Å². The molecule has 0 unspecified atom stereocenters. The van der Waals surface area contributed by atoms with Crippen LogP contribution in [-0.4, -0.2) is 4.98 Å². The quantitative estimate of drug-likeness (QED) is 0.193. The minimum absolute atomic E-state index is 1.07. The van der Waals surface area contributed by atoms with Crippen LogP contribution < -0.4 is 4.90 Å². The third kappa shape index (κ3) is 3.98. The molecular formula is C41H26N2S. The average molecular weight is 579 g/mol. The molecule has 44 heavy (non-hydrogen) atoms. The largest absolute Gasteiger partial charge is 0.310 e. The van der Waals surface area contributed by atoms with Gasteiger partial charge in [0.1, 0.15) is 4.83 Å². The Kier molecular flexibility index (Phi) is 5.71. The van der Waals surface area contributed by atoms with E-state index in [1.54, 1.807) is 11.3 Å². The standard InChI is InChI=1S/C41H26N2S/c1-2-9-31(10-3-1)43(38-13-6-14-39-40(38)37-12-7-25-42-41(37)44-39)32-20-15-27(16-21-32)29-18-22-34-30(26-29)19-24-35-33-11-5-4-8-28(33)17-23-36(34)35/h1-26H. The summed E-state index contributed by atoms with van der Waals surface area (Å²) >= 11 is 1.75. The van der Waals surface area contributed by atoms with Crippen molar-refractivity contribution in [2.75, 3.05) is 4.90 Å². The van der Waals surface area contributed by atoms with Crippen molar-refractivity contribution >= 4 is 81.0 Å². The van der Waals surface area contributed by atoms with E-state index in [1.165, 1.54) is 58.9 Å². The Bertz CT molecular complexity index is 2490. The van der Waals surface area contributed by atoms with Crippen LogP contribution in [0.15, 0.2) is 158 Å². The van der Waals surface area contributed by atoms with Gasteiger partial charge < -0.3 is 4.90 Å². The Morgan fingerprint density at radius 2 is 1.14 bits per heavy atom. The molecule has 0 aliphatic carbocycles. The van der Waals surface area contributed by atoms with Crippen molar-refractivity contribution in [1.29, 1.82) is 0 Å². The van der Waals surface area contributed by atoms with Gasteiger partial charge in [0.2, 0.25) is 0 Å². The van der Waals surface area contributed by atoms with Gasteiger partial charge in [-0.15, -0.1) is 11.3 Å². The molecule has 0 saturated carbocycles. The fourth-order valence-corrected chi connectivity index (χ4v) is 7.71. The Labute approximate surface area is 259 Å². The summed E-state index contributed by atoms with van der Waals surface area (Å²) in [6.45, 7) is 0. The molecule has 0 saturated heterocycles. The van der Waals surface area contributed by atoms with Crippen LogP contribution in [0.4, 0.5) is 17.1 Å². The first-order valence-corrected chi connectivity index (χ1v) is 15.7. The molecule has 7 aromatic carbocycles. The van der Waals surface area contributed by atoms with Crippen molar-refractivity contribution in [3.8, 4) is 11.1 Å². The smallest absolute Gasteiger partial charge is 0.124 e. The molecular weight excluding hydrogens is 553 g/mol. The van der Waals surface area contributed by atoms with E-state index >= 15 is 0 Å². The van der Waals surface area contributed by atoms with E-state index in [1.807, 2.05) is 12.3 Å². The third-order valence-electron chi connectivity index (χ3n) is 8.71.